The molecule has 0 atom stereocenters. The van der Waals surface area contributed by atoms with Gasteiger partial charge in [0.2, 0.25) is 0 Å². The number of aromatic nitrogens is 1. The third-order valence-electron chi connectivity index (χ3n) is 3.57. The van der Waals surface area contributed by atoms with E-state index in [1.165, 1.54) is 16.9 Å². The second kappa shape index (κ2) is 6.37. The average Bonchev–Trinajstić information content (AvgIpc) is 2.87. The second-order valence-corrected chi connectivity index (χ2v) is 6.06. The molecule has 0 saturated carbocycles. The number of aryl methyl sites for hydroxylation is 1. The van der Waals surface area contributed by atoms with Crippen LogP contribution in [0.3, 0.4) is 0 Å². The minimum Gasteiger partial charge on any atom is -0.320 e. The Bertz CT molecular complexity index is 617. The molecule has 0 unspecified atom stereocenters. The van der Waals surface area contributed by atoms with Crippen LogP contribution < -0.4 is 13.9 Å². The van der Waals surface area contributed by atoms with Crippen LogP contribution in [0.2, 0.25) is 0 Å². The summed E-state index contributed by atoms with van der Waals surface area (Å²) in [6, 6.07) is 10.6. The molecule has 1 aromatic carbocycles. The zero-order valence-electron chi connectivity index (χ0n) is 12.4. The van der Waals surface area contributed by atoms with Crippen LogP contribution in [0.1, 0.15) is 12.0 Å². The monoisotopic (exact) mass is 300 g/mol. The van der Waals surface area contributed by atoms with Crippen LogP contribution in [0, 0.1) is 6.92 Å². The van der Waals surface area contributed by atoms with Gasteiger partial charge in [-0.05, 0) is 50.7 Å². The molecule has 0 amide bonds. The number of benzene rings is 1. The van der Waals surface area contributed by atoms with Crippen LogP contribution in [0.15, 0.2) is 42.7 Å². The van der Waals surface area contributed by atoms with E-state index in [0.717, 1.165) is 25.2 Å². The summed E-state index contributed by atoms with van der Waals surface area (Å²) in [5, 5.41) is 3.21. The van der Waals surface area contributed by atoms with Crippen molar-refractivity contribution in [3.05, 3.63) is 48.3 Å². The lowest BCUT2D eigenvalue weighted by Gasteiger charge is -2.20. The van der Waals surface area contributed by atoms with E-state index < -0.39 is 0 Å². The molecule has 0 bridgehead atoms. The van der Waals surface area contributed by atoms with E-state index in [9.17, 15) is 0 Å². The topological polar surface area (TPSA) is 31.4 Å². The van der Waals surface area contributed by atoms with Crippen LogP contribution in [0.25, 0.3) is 0 Å². The molecule has 110 valence electrons. The highest BCUT2D eigenvalue weighted by atomic mass is 32.2. The summed E-state index contributed by atoms with van der Waals surface area (Å²) < 4.78 is 4.64. The van der Waals surface area contributed by atoms with Gasteiger partial charge in [0.05, 0.1) is 35.4 Å². The Morgan fingerprint density at radius 3 is 2.71 bits per heavy atom. The Kier molecular flexibility index (Phi) is 4.31. The Labute approximate surface area is 130 Å². The fourth-order valence-electron chi connectivity index (χ4n) is 2.44. The highest BCUT2D eigenvalue weighted by Crippen LogP contribution is 2.49. The Morgan fingerprint density at radius 2 is 1.95 bits per heavy atom. The van der Waals surface area contributed by atoms with Crippen LogP contribution in [0.4, 0.5) is 17.1 Å². The number of nitrogens with zero attached hydrogens (tertiary/aromatic N) is 3. The van der Waals surface area contributed by atoms with E-state index in [0.29, 0.717) is 0 Å². The summed E-state index contributed by atoms with van der Waals surface area (Å²) in [6.45, 7) is 4.19. The van der Waals surface area contributed by atoms with Crippen molar-refractivity contribution in [1.29, 1.82) is 0 Å². The van der Waals surface area contributed by atoms with Gasteiger partial charge in [-0.1, -0.05) is 12.1 Å². The van der Waals surface area contributed by atoms with Crippen molar-refractivity contribution in [2.75, 3.05) is 28.7 Å². The maximum Gasteiger partial charge on any atom is 0.0785 e. The lowest BCUT2D eigenvalue weighted by Crippen LogP contribution is -2.19. The fourth-order valence-corrected chi connectivity index (χ4v) is 3.61. The highest BCUT2D eigenvalue weighted by molar-refractivity contribution is 8.02. The van der Waals surface area contributed by atoms with Crippen LogP contribution in [-0.4, -0.2) is 25.1 Å². The molecule has 1 N–H and O–H groups in total. The lowest BCUT2D eigenvalue weighted by atomic mass is 10.2. The van der Waals surface area contributed by atoms with Crippen LogP contribution in [0.5, 0.6) is 0 Å². The zero-order chi connectivity index (χ0) is 14.7. The minimum absolute atomic E-state index is 1.03. The van der Waals surface area contributed by atoms with Crippen molar-refractivity contribution >= 4 is 29.2 Å². The zero-order valence-corrected chi connectivity index (χ0v) is 13.2. The maximum absolute atomic E-state index is 4.28. The number of para-hydroxylation sites is 2. The normalized spacial score (nSPS) is 13.6. The van der Waals surface area contributed by atoms with E-state index in [1.54, 1.807) is 12.1 Å². The number of pyridine rings is 1. The average molecular weight is 300 g/mol. The first kappa shape index (κ1) is 14.2. The molecule has 0 radical (unpaired) electrons. The van der Waals surface area contributed by atoms with Gasteiger partial charge in [0, 0.05) is 12.7 Å². The lowest BCUT2D eigenvalue weighted by molar-refractivity contribution is 0.736. The summed E-state index contributed by atoms with van der Waals surface area (Å²) in [4.78, 5) is 4.28. The molecule has 0 fully saturated rings. The molecule has 1 aromatic heterocycles. The van der Waals surface area contributed by atoms with E-state index in [4.69, 9.17) is 0 Å². The fraction of sp³-hybridized carbons (Fsp3) is 0.312. The molecule has 0 aliphatic carbocycles. The number of nitrogens with one attached hydrogen (secondary N) is 1. The Hall–Kier alpha value is -1.72. The first-order chi connectivity index (χ1) is 10.3. The molecule has 4 nitrogen and oxygen atoms in total. The van der Waals surface area contributed by atoms with Gasteiger partial charge in [0.15, 0.2) is 0 Å². The van der Waals surface area contributed by atoms with Gasteiger partial charge in [-0.25, -0.2) is 0 Å². The smallest absolute Gasteiger partial charge is 0.0785 e. The van der Waals surface area contributed by atoms with Crippen LogP contribution in [-0.2, 0) is 0 Å². The van der Waals surface area contributed by atoms with Gasteiger partial charge in [-0.15, -0.1) is 0 Å². The second-order valence-electron chi connectivity index (χ2n) is 5.09. The van der Waals surface area contributed by atoms with Gasteiger partial charge >= 0.3 is 0 Å². The number of fused-ring (bicyclic) bond motifs is 1. The molecule has 1 aliphatic rings. The first-order valence-corrected chi connectivity index (χ1v) is 7.94. The summed E-state index contributed by atoms with van der Waals surface area (Å²) in [6.07, 6.45) is 4.91. The third-order valence-corrected chi connectivity index (χ3v) is 4.70. The van der Waals surface area contributed by atoms with Crippen molar-refractivity contribution in [2.45, 2.75) is 13.3 Å². The predicted octanol–water partition coefficient (Wildman–Crippen LogP) is 3.52. The Morgan fingerprint density at radius 1 is 1.14 bits per heavy atom. The predicted molar refractivity (Wildman–Crippen MR) is 91.0 cm³/mol. The standard InChI is InChI=1S/C16H20N4S/c1-13-8-10-18-12-16(13)20-15-7-4-3-6-14(15)19(21-20)11-5-9-17-2/h3-4,6-8,10,12,17H,5,9,11H2,1-2H3. The number of anilines is 3. The molecule has 1 aliphatic heterocycles. The van der Waals surface area contributed by atoms with Crippen molar-refractivity contribution in [1.82, 2.24) is 10.3 Å². The number of rotatable bonds is 5. The van der Waals surface area contributed by atoms with Gasteiger partial charge in [0.25, 0.3) is 0 Å². The van der Waals surface area contributed by atoms with Crippen molar-refractivity contribution in [3.8, 4) is 0 Å². The molecule has 0 spiro atoms. The molecule has 5 heteroatoms. The minimum atomic E-state index is 1.03. The molecule has 3 rings (SSSR count). The van der Waals surface area contributed by atoms with Gasteiger partial charge in [-0.3, -0.25) is 13.6 Å². The van der Waals surface area contributed by atoms with E-state index in [-0.39, 0.29) is 0 Å². The first-order valence-electron chi connectivity index (χ1n) is 7.21. The van der Waals surface area contributed by atoms with E-state index in [2.05, 4.69) is 56.2 Å². The third kappa shape index (κ3) is 2.84. The molecule has 21 heavy (non-hydrogen) atoms. The molecule has 2 aromatic rings. The summed E-state index contributed by atoms with van der Waals surface area (Å²) in [5.41, 5.74) is 4.92. The number of hydrogen-bond donors (Lipinski definition) is 1. The molecule has 2 heterocycles. The molecule has 0 saturated heterocycles. The van der Waals surface area contributed by atoms with Gasteiger partial charge in [-0.2, -0.15) is 0 Å². The van der Waals surface area contributed by atoms with Crippen molar-refractivity contribution in [3.63, 3.8) is 0 Å². The van der Waals surface area contributed by atoms with Crippen LogP contribution >= 0.6 is 12.1 Å². The maximum atomic E-state index is 4.28. The van der Waals surface area contributed by atoms with E-state index >= 15 is 0 Å². The SMILES string of the molecule is CNCCCN1SN(c2cnccc2C)c2ccccc21. The van der Waals surface area contributed by atoms with E-state index in [1.807, 2.05) is 19.4 Å². The highest BCUT2D eigenvalue weighted by Gasteiger charge is 2.28. The summed E-state index contributed by atoms with van der Waals surface area (Å²) in [5.74, 6) is 0. The van der Waals surface area contributed by atoms with Gasteiger partial charge in [0.1, 0.15) is 0 Å². The molecular weight excluding hydrogens is 280 g/mol. The largest absolute Gasteiger partial charge is 0.320 e. The van der Waals surface area contributed by atoms with Crippen molar-refractivity contribution < 1.29 is 0 Å². The Balaban J connectivity index is 1.89. The van der Waals surface area contributed by atoms with Crippen molar-refractivity contribution in [2.24, 2.45) is 0 Å². The quantitative estimate of drug-likeness (QED) is 0.674. The van der Waals surface area contributed by atoms with Gasteiger partial charge < -0.3 is 5.32 Å². The summed E-state index contributed by atoms with van der Waals surface area (Å²) >= 11 is 1.76. The molecular formula is C16H20N4S. The summed E-state index contributed by atoms with van der Waals surface area (Å²) in [7, 11) is 2.00. The number of hydrogen-bond acceptors (Lipinski definition) is 5.